The number of nitrogens with zero attached hydrogens (tertiary/aromatic N) is 2. The molecule has 3 saturated carbocycles. The van der Waals surface area contributed by atoms with Crippen molar-refractivity contribution in [1.82, 2.24) is 10.2 Å². The number of hydrogen-bond acceptors (Lipinski definition) is 4. The van der Waals surface area contributed by atoms with Crippen LogP contribution in [-0.4, -0.2) is 46.7 Å². The van der Waals surface area contributed by atoms with Crippen LogP contribution in [0.15, 0.2) is 0 Å². The fourth-order valence-corrected chi connectivity index (χ4v) is 5.99. The maximum absolute atomic E-state index is 12.5. The van der Waals surface area contributed by atoms with Crippen molar-refractivity contribution in [2.75, 3.05) is 13.1 Å². The second-order valence-electron chi connectivity index (χ2n) is 8.37. The molecule has 6 atom stereocenters. The molecule has 3 bridgehead atoms. The summed E-state index contributed by atoms with van der Waals surface area (Å²) in [4.78, 5) is 14.3. The highest BCUT2D eigenvalue weighted by molar-refractivity contribution is 5.79. The van der Waals surface area contributed by atoms with Crippen LogP contribution in [0.25, 0.3) is 0 Å². The van der Waals surface area contributed by atoms with Crippen LogP contribution in [0.1, 0.15) is 51.4 Å². The van der Waals surface area contributed by atoms with E-state index >= 15 is 0 Å². The van der Waals surface area contributed by atoms with Crippen molar-refractivity contribution in [1.29, 1.82) is 5.26 Å². The van der Waals surface area contributed by atoms with Gasteiger partial charge in [0.05, 0.1) is 18.7 Å². The molecule has 0 aromatic carbocycles. The average Bonchev–Trinajstić information content (AvgIpc) is 3.05. The van der Waals surface area contributed by atoms with Crippen LogP contribution in [-0.2, 0) is 4.79 Å². The number of aliphatic hydroxyl groups excluding tert-OH is 1. The van der Waals surface area contributed by atoms with Gasteiger partial charge in [0.2, 0.25) is 5.91 Å². The number of fused-ring (bicyclic) bond motifs is 2. The van der Waals surface area contributed by atoms with Gasteiger partial charge in [0, 0.05) is 12.1 Å². The van der Waals surface area contributed by atoms with Gasteiger partial charge in [-0.2, -0.15) is 5.26 Å². The standard InChI is InChI=1S/C18H27N3O2/c19-10-15-2-1-3-21(15)17(23)11-20-18-7-12-4-13(8-18)14(9-18)6-16(22)5-12/h12-16,20,22H,1-9,11H2/t12?,13?,14?,15-,16?,18?/m1/s1. The molecule has 4 rings (SSSR count). The third-order valence-electron chi connectivity index (χ3n) is 6.81. The lowest BCUT2D eigenvalue weighted by molar-refractivity contribution is -0.130. The molecule has 0 radical (unpaired) electrons. The molecule has 5 heteroatoms. The monoisotopic (exact) mass is 317 g/mol. The van der Waals surface area contributed by atoms with Crippen LogP contribution in [0.3, 0.4) is 0 Å². The predicted octanol–water partition coefficient (Wildman–Crippen LogP) is 1.42. The van der Waals surface area contributed by atoms with Gasteiger partial charge >= 0.3 is 0 Å². The summed E-state index contributed by atoms with van der Waals surface area (Å²) >= 11 is 0. The second kappa shape index (κ2) is 5.75. The average molecular weight is 317 g/mol. The molecule has 3 aliphatic carbocycles. The largest absolute Gasteiger partial charge is 0.393 e. The van der Waals surface area contributed by atoms with Gasteiger partial charge in [0.15, 0.2) is 0 Å². The van der Waals surface area contributed by atoms with Gasteiger partial charge in [-0.1, -0.05) is 0 Å². The highest BCUT2D eigenvalue weighted by atomic mass is 16.3. The van der Waals surface area contributed by atoms with Crippen molar-refractivity contribution in [3.63, 3.8) is 0 Å². The number of likely N-dealkylation sites (tertiary alicyclic amines) is 1. The molecule has 0 spiro atoms. The molecule has 5 unspecified atom stereocenters. The summed E-state index contributed by atoms with van der Waals surface area (Å²) in [6, 6.07) is 2.03. The van der Waals surface area contributed by atoms with E-state index in [1.165, 1.54) is 6.42 Å². The third kappa shape index (κ3) is 2.77. The summed E-state index contributed by atoms with van der Waals surface area (Å²) < 4.78 is 0. The number of nitrogens with one attached hydrogen (secondary N) is 1. The van der Waals surface area contributed by atoms with Crippen LogP contribution >= 0.6 is 0 Å². The summed E-state index contributed by atoms with van der Waals surface area (Å²) in [7, 11) is 0. The van der Waals surface area contributed by atoms with E-state index in [2.05, 4.69) is 11.4 Å². The van der Waals surface area contributed by atoms with E-state index < -0.39 is 0 Å². The van der Waals surface area contributed by atoms with E-state index in [0.29, 0.717) is 18.4 Å². The number of carbonyl (C=O) groups excluding carboxylic acids is 1. The lowest BCUT2D eigenvalue weighted by Gasteiger charge is -2.39. The fourth-order valence-electron chi connectivity index (χ4n) is 5.99. The Labute approximate surface area is 138 Å². The Kier molecular flexibility index (Phi) is 3.85. The maximum atomic E-state index is 12.5. The molecule has 4 fully saturated rings. The Bertz CT molecular complexity index is 527. The number of carbonyl (C=O) groups is 1. The second-order valence-corrected chi connectivity index (χ2v) is 8.37. The Hall–Kier alpha value is -1.12. The van der Waals surface area contributed by atoms with Crippen LogP contribution in [0.5, 0.6) is 0 Å². The van der Waals surface area contributed by atoms with Crippen LogP contribution in [0, 0.1) is 29.1 Å². The van der Waals surface area contributed by atoms with Gasteiger partial charge in [0.25, 0.3) is 0 Å². The molecular formula is C18H27N3O2. The highest BCUT2D eigenvalue weighted by Crippen LogP contribution is 2.55. The molecule has 126 valence electrons. The molecular weight excluding hydrogens is 290 g/mol. The number of amides is 1. The summed E-state index contributed by atoms with van der Waals surface area (Å²) in [5, 5.41) is 22.9. The summed E-state index contributed by atoms with van der Waals surface area (Å²) in [5.41, 5.74) is 0.107. The van der Waals surface area contributed by atoms with Crippen molar-refractivity contribution in [3.05, 3.63) is 0 Å². The van der Waals surface area contributed by atoms with Crippen LogP contribution in [0.4, 0.5) is 0 Å². The van der Waals surface area contributed by atoms with Crippen molar-refractivity contribution in [3.8, 4) is 6.07 Å². The molecule has 0 aromatic rings. The first-order chi connectivity index (χ1) is 11.1. The first-order valence-electron chi connectivity index (χ1n) is 9.21. The van der Waals surface area contributed by atoms with E-state index in [4.69, 9.17) is 5.26 Å². The SMILES string of the molecule is N#C[C@H]1CCCN1C(=O)CNC12CC3CC(O)CC(C1)C(C3)C2. The predicted molar refractivity (Wildman–Crippen MR) is 85.3 cm³/mol. The van der Waals surface area contributed by atoms with Gasteiger partial charge in [0.1, 0.15) is 6.04 Å². The lowest BCUT2D eigenvalue weighted by Crippen LogP contribution is -2.51. The Morgan fingerprint density at radius 1 is 1.26 bits per heavy atom. The zero-order valence-electron chi connectivity index (χ0n) is 13.7. The highest BCUT2D eigenvalue weighted by Gasteiger charge is 2.52. The Balaban J connectivity index is 1.40. The Morgan fingerprint density at radius 2 is 2.04 bits per heavy atom. The van der Waals surface area contributed by atoms with Crippen LogP contribution < -0.4 is 5.32 Å². The van der Waals surface area contributed by atoms with E-state index in [9.17, 15) is 9.90 Å². The van der Waals surface area contributed by atoms with Crippen molar-refractivity contribution < 1.29 is 9.90 Å². The van der Waals surface area contributed by atoms with Crippen molar-refractivity contribution in [2.24, 2.45) is 17.8 Å². The minimum Gasteiger partial charge on any atom is -0.393 e. The summed E-state index contributed by atoms with van der Waals surface area (Å²) in [6.07, 6.45) is 8.17. The topological polar surface area (TPSA) is 76.4 Å². The normalized spacial score (nSPS) is 45.0. The molecule has 1 amide bonds. The van der Waals surface area contributed by atoms with E-state index in [1.807, 2.05) is 0 Å². The minimum absolute atomic E-state index is 0.0858. The summed E-state index contributed by atoms with van der Waals surface area (Å²) in [6.45, 7) is 1.10. The third-order valence-corrected chi connectivity index (χ3v) is 6.81. The maximum Gasteiger partial charge on any atom is 0.237 e. The Morgan fingerprint density at radius 3 is 2.83 bits per heavy atom. The van der Waals surface area contributed by atoms with Crippen molar-refractivity contribution in [2.45, 2.75) is 69.1 Å². The smallest absolute Gasteiger partial charge is 0.237 e. The van der Waals surface area contributed by atoms with E-state index in [-0.39, 0.29) is 23.6 Å². The van der Waals surface area contributed by atoms with E-state index in [1.54, 1.807) is 4.90 Å². The van der Waals surface area contributed by atoms with Gasteiger partial charge in [-0.15, -0.1) is 0 Å². The zero-order valence-corrected chi connectivity index (χ0v) is 13.7. The molecule has 1 saturated heterocycles. The molecule has 2 N–H and O–H groups in total. The quantitative estimate of drug-likeness (QED) is 0.825. The molecule has 1 heterocycles. The van der Waals surface area contributed by atoms with Gasteiger partial charge in [-0.05, 0) is 69.1 Å². The molecule has 0 aromatic heterocycles. The zero-order chi connectivity index (χ0) is 16.0. The summed E-state index contributed by atoms with van der Waals surface area (Å²) in [5.74, 6) is 2.05. The molecule has 5 nitrogen and oxygen atoms in total. The van der Waals surface area contributed by atoms with Gasteiger partial charge in [-0.3, -0.25) is 4.79 Å². The lowest BCUT2D eigenvalue weighted by atomic mass is 9.75. The van der Waals surface area contributed by atoms with Gasteiger partial charge < -0.3 is 15.3 Å². The number of rotatable bonds is 3. The molecule has 4 aliphatic rings. The first-order valence-corrected chi connectivity index (χ1v) is 9.21. The first kappa shape index (κ1) is 15.4. The molecule has 23 heavy (non-hydrogen) atoms. The number of aliphatic hydroxyl groups is 1. The van der Waals surface area contributed by atoms with Gasteiger partial charge in [-0.25, -0.2) is 0 Å². The minimum atomic E-state index is -0.223. The van der Waals surface area contributed by atoms with E-state index in [0.717, 1.165) is 57.4 Å². The number of nitriles is 1. The number of hydrogen-bond donors (Lipinski definition) is 2. The van der Waals surface area contributed by atoms with Crippen LogP contribution in [0.2, 0.25) is 0 Å². The molecule has 1 aliphatic heterocycles. The van der Waals surface area contributed by atoms with Crippen molar-refractivity contribution >= 4 is 5.91 Å². The fraction of sp³-hybridized carbons (Fsp3) is 0.889.